The van der Waals surface area contributed by atoms with Gasteiger partial charge in [0.15, 0.2) is 0 Å². The molecule has 22 heavy (non-hydrogen) atoms. The van der Waals surface area contributed by atoms with Gasteiger partial charge in [0.2, 0.25) is 0 Å². The van der Waals surface area contributed by atoms with Crippen LogP contribution in [0.1, 0.15) is 5.56 Å². The quantitative estimate of drug-likeness (QED) is 0.680. The van der Waals surface area contributed by atoms with Gasteiger partial charge in [0.1, 0.15) is 0 Å². The van der Waals surface area contributed by atoms with Crippen LogP contribution in [0.25, 0.3) is 10.9 Å². The molecule has 0 aliphatic heterocycles. The van der Waals surface area contributed by atoms with Gasteiger partial charge >= 0.3 is 6.03 Å². The van der Waals surface area contributed by atoms with Gasteiger partial charge in [-0.15, -0.1) is 0 Å². The molecule has 1 aromatic heterocycles. The molecule has 0 fully saturated rings. The maximum Gasteiger partial charge on any atom is 0.323 e. The van der Waals surface area contributed by atoms with E-state index in [1.807, 2.05) is 31.2 Å². The number of urea groups is 1. The summed E-state index contributed by atoms with van der Waals surface area (Å²) in [6, 6.07) is 12.4. The minimum absolute atomic E-state index is 0.180. The Labute approximate surface area is 126 Å². The van der Waals surface area contributed by atoms with Gasteiger partial charge < -0.3 is 10.6 Å². The van der Waals surface area contributed by atoms with E-state index in [1.54, 1.807) is 29.9 Å². The fraction of sp³-hybridized carbons (Fsp3) is 0.125. The third-order valence-corrected chi connectivity index (χ3v) is 3.52. The van der Waals surface area contributed by atoms with Crippen molar-refractivity contribution in [1.82, 2.24) is 9.78 Å². The van der Waals surface area contributed by atoms with Crippen LogP contribution in [0.15, 0.2) is 47.3 Å². The number of anilines is 2. The first kappa shape index (κ1) is 13.9. The van der Waals surface area contributed by atoms with Gasteiger partial charge in [0.25, 0.3) is 5.56 Å². The maximum atomic E-state index is 12.0. The topological polar surface area (TPSA) is 78.9 Å². The average Bonchev–Trinajstić information content (AvgIpc) is 2.76. The number of hydrogen-bond donors (Lipinski definition) is 3. The molecule has 0 bridgehead atoms. The summed E-state index contributed by atoms with van der Waals surface area (Å²) in [5, 5.41) is 8.73. The van der Waals surface area contributed by atoms with Crippen molar-refractivity contribution in [3.63, 3.8) is 0 Å². The molecule has 0 spiro atoms. The molecule has 0 radical (unpaired) electrons. The molecule has 0 atom stereocenters. The summed E-state index contributed by atoms with van der Waals surface area (Å²) in [5.74, 6) is 0. The van der Waals surface area contributed by atoms with Gasteiger partial charge in [-0.3, -0.25) is 14.6 Å². The highest BCUT2D eigenvalue weighted by Gasteiger charge is 2.08. The summed E-state index contributed by atoms with van der Waals surface area (Å²) in [6.45, 7) is 1.92. The molecular formula is C16H16N4O2. The zero-order valence-electron chi connectivity index (χ0n) is 12.3. The van der Waals surface area contributed by atoms with E-state index in [-0.39, 0.29) is 11.6 Å². The molecule has 0 aliphatic carbocycles. The van der Waals surface area contributed by atoms with Gasteiger partial charge in [-0.1, -0.05) is 18.2 Å². The van der Waals surface area contributed by atoms with Crippen LogP contribution in [-0.4, -0.2) is 15.8 Å². The highest BCUT2D eigenvalue weighted by Crippen LogP contribution is 2.17. The molecule has 0 saturated carbocycles. The standard InChI is InChI=1S/C16H16N4O2/c1-10-5-3-4-6-13(10)18-16(22)17-11-7-8-14-12(9-11)15(21)19-20(14)2/h3-9H,1-2H3,(H,19,21)(H2,17,18,22). The molecule has 0 unspecified atom stereocenters. The van der Waals surface area contributed by atoms with Crippen molar-refractivity contribution in [2.45, 2.75) is 6.92 Å². The Morgan fingerprint density at radius 1 is 1.14 bits per heavy atom. The van der Waals surface area contributed by atoms with E-state index < -0.39 is 0 Å². The van der Waals surface area contributed by atoms with Gasteiger partial charge in [0, 0.05) is 18.4 Å². The van der Waals surface area contributed by atoms with Crippen LogP contribution in [0.2, 0.25) is 0 Å². The van der Waals surface area contributed by atoms with Crippen molar-refractivity contribution in [3.8, 4) is 0 Å². The third-order valence-electron chi connectivity index (χ3n) is 3.52. The summed E-state index contributed by atoms with van der Waals surface area (Å²) in [6.07, 6.45) is 0. The third kappa shape index (κ3) is 2.58. The number of aryl methyl sites for hydroxylation is 2. The first-order chi connectivity index (χ1) is 10.5. The fourth-order valence-electron chi connectivity index (χ4n) is 2.36. The number of fused-ring (bicyclic) bond motifs is 1. The number of benzene rings is 2. The lowest BCUT2D eigenvalue weighted by Gasteiger charge is -2.09. The van der Waals surface area contributed by atoms with Crippen LogP contribution in [0, 0.1) is 6.92 Å². The zero-order valence-corrected chi connectivity index (χ0v) is 12.3. The monoisotopic (exact) mass is 296 g/mol. The van der Waals surface area contributed by atoms with Crippen molar-refractivity contribution in [2.24, 2.45) is 7.05 Å². The van der Waals surface area contributed by atoms with E-state index in [4.69, 9.17) is 0 Å². The second-order valence-electron chi connectivity index (χ2n) is 5.13. The van der Waals surface area contributed by atoms with Crippen molar-refractivity contribution in [1.29, 1.82) is 0 Å². The van der Waals surface area contributed by atoms with Gasteiger partial charge in [0.05, 0.1) is 10.9 Å². The summed E-state index contributed by atoms with van der Waals surface area (Å²) >= 11 is 0. The smallest absolute Gasteiger partial charge is 0.308 e. The largest absolute Gasteiger partial charge is 0.323 e. The molecule has 6 heteroatoms. The van der Waals surface area contributed by atoms with Crippen molar-refractivity contribution >= 4 is 28.3 Å². The van der Waals surface area contributed by atoms with E-state index in [9.17, 15) is 9.59 Å². The lowest BCUT2D eigenvalue weighted by molar-refractivity contribution is 0.262. The molecule has 3 rings (SSSR count). The second-order valence-corrected chi connectivity index (χ2v) is 5.13. The summed E-state index contributed by atoms with van der Waals surface area (Å²) in [7, 11) is 1.77. The molecule has 0 saturated heterocycles. The van der Waals surface area contributed by atoms with Crippen LogP contribution < -0.4 is 16.2 Å². The van der Waals surface area contributed by atoms with Crippen molar-refractivity contribution in [2.75, 3.05) is 10.6 Å². The number of aromatic amines is 1. The number of nitrogens with zero attached hydrogens (tertiary/aromatic N) is 1. The molecule has 3 N–H and O–H groups in total. The Bertz CT molecular complexity index is 908. The van der Waals surface area contributed by atoms with E-state index in [2.05, 4.69) is 15.7 Å². The Morgan fingerprint density at radius 2 is 1.91 bits per heavy atom. The normalized spacial score (nSPS) is 10.6. The second kappa shape index (κ2) is 5.40. The molecule has 6 nitrogen and oxygen atoms in total. The SMILES string of the molecule is Cc1ccccc1NC(=O)Nc1ccc2c(c1)c(=O)[nH]n2C. The van der Waals surface area contributed by atoms with Gasteiger partial charge in [-0.25, -0.2) is 4.79 Å². The Morgan fingerprint density at radius 3 is 2.68 bits per heavy atom. The number of carbonyl (C=O) groups is 1. The van der Waals surface area contributed by atoms with Crippen molar-refractivity contribution in [3.05, 3.63) is 58.4 Å². The lowest BCUT2D eigenvalue weighted by Crippen LogP contribution is -2.20. The molecular weight excluding hydrogens is 280 g/mol. The number of aromatic nitrogens is 2. The minimum Gasteiger partial charge on any atom is -0.308 e. The number of para-hydroxylation sites is 1. The van der Waals surface area contributed by atoms with Crippen LogP contribution in [0.3, 0.4) is 0 Å². The molecule has 1 heterocycles. The molecule has 3 aromatic rings. The van der Waals surface area contributed by atoms with Gasteiger partial charge in [-0.05, 0) is 36.8 Å². The summed E-state index contributed by atoms with van der Waals surface area (Å²) in [5.41, 5.74) is 2.90. The first-order valence-corrected chi connectivity index (χ1v) is 6.87. The average molecular weight is 296 g/mol. The molecule has 112 valence electrons. The Kier molecular flexibility index (Phi) is 3.42. The summed E-state index contributed by atoms with van der Waals surface area (Å²) in [4.78, 5) is 23.8. The highest BCUT2D eigenvalue weighted by atomic mass is 16.2. The van der Waals surface area contributed by atoms with E-state index in [0.29, 0.717) is 11.1 Å². The Hall–Kier alpha value is -3.02. The number of H-pyrrole nitrogens is 1. The van der Waals surface area contributed by atoms with Crippen LogP contribution in [0.4, 0.5) is 16.2 Å². The van der Waals surface area contributed by atoms with E-state index in [0.717, 1.165) is 16.8 Å². The predicted molar refractivity (Wildman–Crippen MR) is 87.4 cm³/mol. The number of rotatable bonds is 2. The van der Waals surface area contributed by atoms with Crippen LogP contribution in [0.5, 0.6) is 0 Å². The number of amides is 2. The molecule has 2 aromatic carbocycles. The minimum atomic E-state index is -0.346. The first-order valence-electron chi connectivity index (χ1n) is 6.87. The van der Waals surface area contributed by atoms with E-state index >= 15 is 0 Å². The van der Waals surface area contributed by atoms with Crippen LogP contribution >= 0.6 is 0 Å². The Balaban J connectivity index is 1.81. The molecule has 0 aliphatic rings. The van der Waals surface area contributed by atoms with Crippen LogP contribution in [-0.2, 0) is 7.05 Å². The van der Waals surface area contributed by atoms with E-state index in [1.165, 1.54) is 0 Å². The fourth-order valence-corrected chi connectivity index (χ4v) is 2.36. The lowest BCUT2D eigenvalue weighted by atomic mass is 10.2. The highest BCUT2D eigenvalue weighted by molar-refractivity contribution is 6.01. The molecule has 2 amide bonds. The number of nitrogens with one attached hydrogen (secondary N) is 3. The number of hydrogen-bond acceptors (Lipinski definition) is 2. The summed E-state index contributed by atoms with van der Waals surface area (Å²) < 4.78 is 1.65. The van der Waals surface area contributed by atoms with Crippen molar-refractivity contribution < 1.29 is 4.79 Å². The zero-order chi connectivity index (χ0) is 15.7. The van der Waals surface area contributed by atoms with Gasteiger partial charge in [-0.2, -0.15) is 0 Å². The maximum absolute atomic E-state index is 12.0. The number of carbonyl (C=O) groups excluding carboxylic acids is 1. The predicted octanol–water partition coefficient (Wildman–Crippen LogP) is 2.82.